The number of fused-ring (bicyclic) bond motifs is 1. The van der Waals surface area contributed by atoms with Crippen molar-refractivity contribution in [1.82, 2.24) is 13.6 Å². The fourth-order valence-electron chi connectivity index (χ4n) is 3.00. The van der Waals surface area contributed by atoms with E-state index in [1.54, 1.807) is 0 Å². The minimum atomic E-state index is 0.557. The number of likely N-dealkylation sites (tertiary alicyclic amines) is 1. The van der Waals surface area contributed by atoms with Crippen LogP contribution in [0.15, 0.2) is 48.5 Å². The van der Waals surface area contributed by atoms with E-state index in [9.17, 15) is 0 Å². The molecule has 1 atom stereocenters. The van der Waals surface area contributed by atoms with Gasteiger partial charge in [-0.2, -0.15) is 8.75 Å². The number of hydrogen-bond donors (Lipinski definition) is 1. The average molecular weight is 340 g/mol. The van der Waals surface area contributed by atoms with Crippen LogP contribution in [0, 0.1) is 0 Å². The third kappa shape index (κ3) is 3.04. The normalized spacial score (nSPS) is 17.6. The Bertz CT molecular complexity index is 831. The van der Waals surface area contributed by atoms with Crippen molar-refractivity contribution in [2.45, 2.75) is 12.3 Å². The van der Waals surface area contributed by atoms with Gasteiger partial charge < -0.3 is 10.2 Å². The number of nitrogens with zero attached hydrogens (tertiary/aromatic N) is 3. The minimum Gasteiger partial charge on any atom is -0.348 e. The second kappa shape index (κ2) is 6.22. The molecule has 116 valence electrons. The summed E-state index contributed by atoms with van der Waals surface area (Å²) in [6.07, 6.45) is 1.14. The zero-order chi connectivity index (χ0) is 15.6. The molecule has 1 saturated heterocycles. The van der Waals surface area contributed by atoms with Crippen molar-refractivity contribution in [2.75, 3.05) is 18.4 Å². The molecule has 0 radical (unpaired) electrons. The van der Waals surface area contributed by atoms with Crippen molar-refractivity contribution < 1.29 is 0 Å². The van der Waals surface area contributed by atoms with Crippen LogP contribution in [0.25, 0.3) is 11.0 Å². The van der Waals surface area contributed by atoms with Gasteiger partial charge >= 0.3 is 0 Å². The maximum atomic E-state index is 5.58. The van der Waals surface area contributed by atoms with E-state index in [1.165, 1.54) is 17.3 Å². The zero-order valence-corrected chi connectivity index (χ0v) is 14.1. The summed E-state index contributed by atoms with van der Waals surface area (Å²) in [4.78, 5) is 2.25. The van der Waals surface area contributed by atoms with Gasteiger partial charge in [0.2, 0.25) is 0 Å². The lowest BCUT2D eigenvalue weighted by Gasteiger charge is -2.20. The Balaban J connectivity index is 1.43. The predicted octanol–water partition coefficient (Wildman–Crippen LogP) is 3.88. The molecule has 0 saturated carbocycles. The molecule has 1 N–H and O–H groups in total. The lowest BCUT2D eigenvalue weighted by Crippen LogP contribution is -2.32. The van der Waals surface area contributed by atoms with Gasteiger partial charge in [0.05, 0.1) is 11.7 Å². The maximum absolute atomic E-state index is 5.58. The Hall–Kier alpha value is -2.05. The highest BCUT2D eigenvalue weighted by Crippen LogP contribution is 2.27. The summed E-state index contributed by atoms with van der Waals surface area (Å²) < 4.78 is 8.49. The number of benzene rings is 2. The summed E-state index contributed by atoms with van der Waals surface area (Å²) >= 11 is 6.81. The molecule has 2 aromatic carbocycles. The van der Waals surface area contributed by atoms with Crippen LogP contribution in [0.5, 0.6) is 0 Å². The van der Waals surface area contributed by atoms with Gasteiger partial charge in [-0.15, -0.1) is 0 Å². The Morgan fingerprint density at radius 1 is 1.13 bits per heavy atom. The van der Waals surface area contributed by atoms with Gasteiger partial charge in [-0.3, -0.25) is 0 Å². The molecule has 0 amide bonds. The van der Waals surface area contributed by atoms with E-state index in [-0.39, 0.29) is 0 Å². The van der Waals surface area contributed by atoms with Gasteiger partial charge in [0.1, 0.15) is 11.0 Å². The predicted molar refractivity (Wildman–Crippen MR) is 99.0 cm³/mol. The Morgan fingerprint density at radius 3 is 2.83 bits per heavy atom. The van der Waals surface area contributed by atoms with Crippen molar-refractivity contribution in [1.29, 1.82) is 0 Å². The lowest BCUT2D eigenvalue weighted by molar-refractivity contribution is 0.518. The fourth-order valence-corrected chi connectivity index (χ4v) is 3.81. The molecule has 6 heteroatoms. The molecular formula is C17H16N4S2. The topological polar surface area (TPSA) is 41.1 Å². The van der Waals surface area contributed by atoms with E-state index in [2.05, 4.69) is 49.3 Å². The number of thiocarbonyl (C=S) groups is 1. The van der Waals surface area contributed by atoms with Gasteiger partial charge in [0.25, 0.3) is 0 Å². The molecule has 2 heterocycles. The molecule has 0 spiro atoms. The van der Waals surface area contributed by atoms with Crippen LogP contribution >= 0.6 is 23.9 Å². The highest BCUT2D eigenvalue weighted by atomic mass is 32.1. The third-order valence-corrected chi connectivity index (χ3v) is 5.17. The molecule has 0 bridgehead atoms. The van der Waals surface area contributed by atoms with Crippen LogP contribution in [0.3, 0.4) is 0 Å². The Morgan fingerprint density at radius 2 is 1.96 bits per heavy atom. The van der Waals surface area contributed by atoms with Gasteiger partial charge in [0, 0.05) is 24.7 Å². The van der Waals surface area contributed by atoms with Gasteiger partial charge in [0.15, 0.2) is 5.11 Å². The molecule has 0 aliphatic carbocycles. The van der Waals surface area contributed by atoms with E-state index in [4.69, 9.17) is 12.2 Å². The van der Waals surface area contributed by atoms with E-state index < -0.39 is 0 Å². The monoisotopic (exact) mass is 340 g/mol. The molecule has 4 nitrogen and oxygen atoms in total. The van der Waals surface area contributed by atoms with Crippen molar-refractivity contribution in [2.24, 2.45) is 0 Å². The molecule has 23 heavy (non-hydrogen) atoms. The molecule has 1 aliphatic heterocycles. The number of anilines is 1. The number of hydrogen-bond acceptors (Lipinski definition) is 4. The third-order valence-electron chi connectivity index (χ3n) is 4.25. The Labute approximate surface area is 144 Å². The van der Waals surface area contributed by atoms with Crippen molar-refractivity contribution >= 4 is 45.8 Å². The van der Waals surface area contributed by atoms with E-state index in [0.717, 1.165) is 41.3 Å². The van der Waals surface area contributed by atoms with Crippen molar-refractivity contribution in [3.05, 3.63) is 54.1 Å². The second-order valence-electron chi connectivity index (χ2n) is 5.74. The van der Waals surface area contributed by atoms with Crippen molar-refractivity contribution in [3.8, 4) is 0 Å². The van der Waals surface area contributed by atoms with E-state index in [0.29, 0.717) is 5.92 Å². The summed E-state index contributed by atoms with van der Waals surface area (Å²) in [6, 6.07) is 16.6. The molecule has 4 rings (SSSR count). The summed E-state index contributed by atoms with van der Waals surface area (Å²) in [5.41, 5.74) is 4.20. The lowest BCUT2D eigenvalue weighted by atomic mass is 9.99. The highest BCUT2D eigenvalue weighted by Gasteiger charge is 2.25. The summed E-state index contributed by atoms with van der Waals surface area (Å²) in [6.45, 7) is 1.96. The quantitative estimate of drug-likeness (QED) is 0.717. The first-order valence-corrected chi connectivity index (χ1v) is 8.76. The summed E-state index contributed by atoms with van der Waals surface area (Å²) in [7, 11) is 0. The first kappa shape index (κ1) is 14.5. The first-order valence-electron chi connectivity index (χ1n) is 7.63. The van der Waals surface area contributed by atoms with Crippen LogP contribution in [-0.2, 0) is 0 Å². The number of nitrogens with one attached hydrogen (secondary N) is 1. The molecule has 1 aromatic heterocycles. The van der Waals surface area contributed by atoms with E-state index in [1.807, 2.05) is 18.2 Å². The largest absolute Gasteiger partial charge is 0.348 e. The van der Waals surface area contributed by atoms with Crippen LogP contribution in [-0.4, -0.2) is 31.8 Å². The van der Waals surface area contributed by atoms with E-state index >= 15 is 0 Å². The summed E-state index contributed by atoms with van der Waals surface area (Å²) in [5, 5.41) is 4.12. The minimum absolute atomic E-state index is 0.557. The van der Waals surface area contributed by atoms with Crippen LogP contribution in [0.4, 0.5) is 5.69 Å². The number of rotatable bonds is 2. The van der Waals surface area contributed by atoms with Crippen molar-refractivity contribution in [3.63, 3.8) is 0 Å². The number of aromatic nitrogens is 2. The molecule has 1 aliphatic rings. The smallest absolute Gasteiger partial charge is 0.173 e. The Kier molecular flexibility index (Phi) is 3.93. The maximum Gasteiger partial charge on any atom is 0.173 e. The van der Waals surface area contributed by atoms with Crippen LogP contribution in [0.2, 0.25) is 0 Å². The standard InChI is InChI=1S/C17H16N4S2/c22-17(18-14-6-7-15-16(10-14)20-23-19-15)21-9-8-13(11-21)12-4-2-1-3-5-12/h1-7,10,13H,8-9,11H2,(H,18,22)/t13-/m1/s1. The SMILES string of the molecule is S=C(Nc1ccc2nsnc2c1)N1CC[C@@H](c2ccccc2)C1. The molecule has 1 fully saturated rings. The molecule has 0 unspecified atom stereocenters. The van der Waals surface area contributed by atoms with Crippen LogP contribution < -0.4 is 5.32 Å². The van der Waals surface area contributed by atoms with Gasteiger partial charge in [-0.05, 0) is 42.4 Å². The van der Waals surface area contributed by atoms with Gasteiger partial charge in [-0.1, -0.05) is 30.3 Å². The zero-order valence-electron chi connectivity index (χ0n) is 12.5. The second-order valence-corrected chi connectivity index (χ2v) is 6.66. The fraction of sp³-hybridized carbons (Fsp3) is 0.235. The van der Waals surface area contributed by atoms with Crippen LogP contribution in [0.1, 0.15) is 17.9 Å². The van der Waals surface area contributed by atoms with Gasteiger partial charge in [-0.25, -0.2) is 0 Å². The molecule has 3 aromatic rings. The highest BCUT2D eigenvalue weighted by molar-refractivity contribution is 7.80. The molecular weight excluding hydrogens is 324 g/mol. The average Bonchev–Trinajstić information content (AvgIpc) is 3.24. The first-order chi connectivity index (χ1) is 11.3. The summed E-state index contributed by atoms with van der Waals surface area (Å²) in [5.74, 6) is 0.557.